The van der Waals surface area contributed by atoms with Gasteiger partial charge in [-0.15, -0.1) is 0 Å². The highest BCUT2D eigenvalue weighted by atomic mass is 35.5. The van der Waals surface area contributed by atoms with Gasteiger partial charge in [0.05, 0.1) is 0 Å². The average molecular weight is 259 g/mol. The van der Waals surface area contributed by atoms with Crippen LogP contribution in [0.3, 0.4) is 0 Å². The highest BCUT2D eigenvalue weighted by molar-refractivity contribution is 6.31. The molecule has 0 saturated heterocycles. The van der Waals surface area contributed by atoms with Gasteiger partial charge in [-0.2, -0.15) is 10.5 Å². The van der Waals surface area contributed by atoms with Gasteiger partial charge in [-0.3, -0.25) is 0 Å². The van der Waals surface area contributed by atoms with Crippen molar-refractivity contribution in [1.29, 1.82) is 10.5 Å². The molecule has 18 heavy (non-hydrogen) atoms. The fraction of sp³-hybridized carbons (Fsp3) is 0.154. The van der Waals surface area contributed by atoms with E-state index in [4.69, 9.17) is 27.9 Å². The number of aryl methyl sites for hydroxylation is 1. The third kappa shape index (κ3) is 3.10. The zero-order valence-corrected chi connectivity index (χ0v) is 10.8. The van der Waals surface area contributed by atoms with Crippen LogP contribution in [-0.2, 0) is 0 Å². The van der Waals surface area contributed by atoms with E-state index < -0.39 is 0 Å². The first-order valence-electron chi connectivity index (χ1n) is 5.11. The molecule has 4 nitrogen and oxygen atoms in total. The molecule has 0 aliphatic carbocycles. The van der Waals surface area contributed by atoms with E-state index in [1.165, 1.54) is 0 Å². The van der Waals surface area contributed by atoms with Crippen molar-refractivity contribution in [3.8, 4) is 12.1 Å². The van der Waals surface area contributed by atoms with E-state index in [1.54, 1.807) is 25.1 Å². The van der Waals surface area contributed by atoms with Crippen molar-refractivity contribution in [2.24, 2.45) is 10.7 Å². The molecule has 0 aromatic heterocycles. The molecule has 0 fully saturated rings. The number of hydrogen-bond acceptors (Lipinski definition) is 4. The van der Waals surface area contributed by atoms with Crippen LogP contribution in [0.25, 0.3) is 0 Å². The van der Waals surface area contributed by atoms with Crippen LogP contribution in [-0.4, -0.2) is 5.71 Å². The minimum atomic E-state index is -0.199. The van der Waals surface area contributed by atoms with Crippen LogP contribution in [0.1, 0.15) is 18.1 Å². The summed E-state index contributed by atoms with van der Waals surface area (Å²) in [4.78, 5) is 4.04. The van der Waals surface area contributed by atoms with E-state index >= 15 is 0 Å². The van der Waals surface area contributed by atoms with E-state index in [-0.39, 0.29) is 11.4 Å². The third-order valence-electron chi connectivity index (χ3n) is 2.35. The van der Waals surface area contributed by atoms with Crippen molar-refractivity contribution in [2.45, 2.75) is 13.8 Å². The molecule has 0 saturated carbocycles. The van der Waals surface area contributed by atoms with Gasteiger partial charge >= 0.3 is 0 Å². The molecule has 0 bridgehead atoms. The number of rotatable bonds is 2. The first-order chi connectivity index (χ1) is 8.49. The summed E-state index contributed by atoms with van der Waals surface area (Å²) in [6.45, 7) is 3.62. The second-order valence-corrected chi connectivity index (χ2v) is 4.05. The highest BCUT2D eigenvalue weighted by Gasteiger charge is 2.05. The Morgan fingerprint density at radius 3 is 2.50 bits per heavy atom. The van der Waals surface area contributed by atoms with Crippen molar-refractivity contribution in [2.75, 3.05) is 0 Å². The number of benzene rings is 1. The molecule has 0 unspecified atom stereocenters. The zero-order valence-electron chi connectivity index (χ0n) is 10.0. The molecule has 2 N–H and O–H groups in total. The summed E-state index contributed by atoms with van der Waals surface area (Å²) in [5.74, 6) is 0. The standard InChI is InChI=1S/C13H11ClN4/c1-8-3-4-10(5-11(8)14)9(2)18-13(7-16)12(17)6-15/h3-5H,17H2,1-2H3/b13-12-,18-9?. The highest BCUT2D eigenvalue weighted by Crippen LogP contribution is 2.17. The van der Waals surface area contributed by atoms with Gasteiger partial charge in [-0.25, -0.2) is 4.99 Å². The van der Waals surface area contributed by atoms with Crippen molar-refractivity contribution in [1.82, 2.24) is 0 Å². The van der Waals surface area contributed by atoms with Gasteiger partial charge in [0.2, 0.25) is 0 Å². The van der Waals surface area contributed by atoms with Crippen molar-refractivity contribution in [3.05, 3.63) is 45.7 Å². The zero-order chi connectivity index (χ0) is 13.7. The summed E-state index contributed by atoms with van der Waals surface area (Å²) >= 11 is 6.01. The molecule has 0 heterocycles. The lowest BCUT2D eigenvalue weighted by Gasteiger charge is -2.03. The Kier molecular flexibility index (Phi) is 4.48. The molecule has 1 aromatic carbocycles. The predicted octanol–water partition coefficient (Wildman–Crippen LogP) is 2.67. The topological polar surface area (TPSA) is 86.0 Å². The number of nitrogens with two attached hydrogens (primary N) is 1. The molecule has 0 radical (unpaired) electrons. The number of halogens is 1. The summed E-state index contributed by atoms with van der Waals surface area (Å²) in [5, 5.41) is 18.1. The number of nitrogens with zero attached hydrogens (tertiary/aromatic N) is 3. The summed E-state index contributed by atoms with van der Waals surface area (Å²) in [5.41, 5.74) is 7.40. The van der Waals surface area contributed by atoms with Gasteiger partial charge in [0.15, 0.2) is 5.70 Å². The molecule has 0 aliphatic heterocycles. The lowest BCUT2D eigenvalue weighted by molar-refractivity contribution is 1.26. The van der Waals surface area contributed by atoms with Gasteiger partial charge < -0.3 is 5.73 Å². The first kappa shape index (κ1) is 13.8. The maximum Gasteiger partial charge on any atom is 0.174 e. The molecule has 0 spiro atoms. The van der Waals surface area contributed by atoms with E-state index in [0.717, 1.165) is 11.1 Å². The maximum atomic E-state index is 8.85. The Labute approximate surface area is 111 Å². The number of aliphatic imine (C=N–C) groups is 1. The Morgan fingerprint density at radius 2 is 2.00 bits per heavy atom. The second kappa shape index (κ2) is 5.86. The Morgan fingerprint density at radius 1 is 1.33 bits per heavy atom. The van der Waals surface area contributed by atoms with Crippen LogP contribution in [0, 0.1) is 29.6 Å². The monoisotopic (exact) mass is 258 g/mol. The van der Waals surface area contributed by atoms with Gasteiger partial charge in [0.25, 0.3) is 0 Å². The van der Waals surface area contributed by atoms with Crippen molar-refractivity contribution >= 4 is 17.3 Å². The summed E-state index contributed by atoms with van der Waals surface area (Å²) < 4.78 is 0. The predicted molar refractivity (Wildman–Crippen MR) is 70.8 cm³/mol. The van der Waals surface area contributed by atoms with Crippen LogP contribution in [0.15, 0.2) is 34.6 Å². The average Bonchev–Trinajstić information content (AvgIpc) is 2.37. The number of hydrogen-bond donors (Lipinski definition) is 1. The Hall–Kier alpha value is -2.30. The molecule has 90 valence electrons. The molecule has 5 heteroatoms. The number of nitriles is 2. The minimum absolute atomic E-state index is 0.0910. The van der Waals surface area contributed by atoms with Gasteiger partial charge in [0, 0.05) is 10.7 Å². The third-order valence-corrected chi connectivity index (χ3v) is 2.76. The van der Waals surface area contributed by atoms with Gasteiger partial charge in [-0.05, 0) is 31.0 Å². The summed E-state index contributed by atoms with van der Waals surface area (Å²) in [7, 11) is 0. The summed E-state index contributed by atoms with van der Waals surface area (Å²) in [6, 6.07) is 8.95. The van der Waals surface area contributed by atoms with Gasteiger partial charge in [0.1, 0.15) is 17.8 Å². The largest absolute Gasteiger partial charge is 0.388 e. The fourth-order valence-corrected chi connectivity index (χ4v) is 1.43. The smallest absolute Gasteiger partial charge is 0.174 e. The fourth-order valence-electron chi connectivity index (χ4n) is 1.25. The second-order valence-electron chi connectivity index (χ2n) is 3.65. The maximum absolute atomic E-state index is 8.85. The van der Waals surface area contributed by atoms with Crippen molar-refractivity contribution < 1.29 is 0 Å². The quantitative estimate of drug-likeness (QED) is 0.654. The molecular formula is C13H11ClN4. The Bertz CT molecular complexity index is 615. The molecule has 1 rings (SSSR count). The molecule has 0 aliphatic rings. The van der Waals surface area contributed by atoms with Gasteiger partial charge in [-0.1, -0.05) is 23.7 Å². The van der Waals surface area contributed by atoms with Crippen LogP contribution in [0.4, 0.5) is 0 Å². The lowest BCUT2D eigenvalue weighted by atomic mass is 10.1. The van der Waals surface area contributed by atoms with Crippen LogP contribution < -0.4 is 5.73 Å². The van der Waals surface area contributed by atoms with Crippen LogP contribution in [0.5, 0.6) is 0 Å². The number of allylic oxidation sites excluding steroid dienone is 2. The molecule has 1 aromatic rings. The van der Waals surface area contributed by atoms with E-state index in [1.807, 2.05) is 19.1 Å². The van der Waals surface area contributed by atoms with E-state index in [2.05, 4.69) is 4.99 Å². The normalized spacial score (nSPS) is 12.4. The first-order valence-corrected chi connectivity index (χ1v) is 5.49. The Balaban J connectivity index is 3.23. The van der Waals surface area contributed by atoms with E-state index in [0.29, 0.717) is 10.7 Å². The van der Waals surface area contributed by atoms with E-state index in [9.17, 15) is 0 Å². The minimum Gasteiger partial charge on any atom is -0.388 e. The molecule has 0 amide bonds. The lowest BCUT2D eigenvalue weighted by Crippen LogP contribution is -2.01. The van der Waals surface area contributed by atoms with Crippen molar-refractivity contribution in [3.63, 3.8) is 0 Å². The molecular weight excluding hydrogens is 248 g/mol. The summed E-state index contributed by atoms with van der Waals surface area (Å²) in [6.07, 6.45) is 0. The van der Waals surface area contributed by atoms with Crippen LogP contribution in [0.2, 0.25) is 5.02 Å². The van der Waals surface area contributed by atoms with Crippen LogP contribution >= 0.6 is 11.6 Å². The SMILES string of the molecule is CC(=N/C(C#N)=C(\N)C#N)c1ccc(C)c(Cl)c1. The molecule has 0 atom stereocenters.